The first-order valence-electron chi connectivity index (χ1n) is 13.5. The molecule has 3 aromatic carbocycles. The van der Waals surface area contributed by atoms with Crippen LogP contribution in [0.15, 0.2) is 24.3 Å². The lowest BCUT2D eigenvalue weighted by Crippen LogP contribution is -2.15. The Morgan fingerprint density at radius 3 is 1.48 bits per heavy atom. The van der Waals surface area contributed by atoms with E-state index >= 15 is 0 Å². The molecular weight excluding hydrogens is 537 g/mol. The van der Waals surface area contributed by atoms with Crippen LogP contribution in [0.4, 0.5) is 0 Å². The zero-order chi connectivity index (χ0) is 30.5. The Hall–Kier alpha value is -2.70. The number of aryl methyl sites for hydroxylation is 2. The van der Waals surface area contributed by atoms with Crippen LogP contribution in [0.5, 0.6) is 11.5 Å². The molecule has 0 aromatic heterocycles. The molecule has 0 bridgehead atoms. The lowest BCUT2D eigenvalue weighted by atomic mass is 9.79. The van der Waals surface area contributed by atoms with Gasteiger partial charge in [0.25, 0.3) is 0 Å². The largest absolute Gasteiger partial charge is 0.507 e. The first kappa shape index (κ1) is 31.8. The number of rotatable bonds is 6. The third kappa shape index (κ3) is 6.13. The second kappa shape index (κ2) is 11.3. The molecule has 0 aliphatic rings. The average molecular weight is 579 g/mol. The smallest absolute Gasteiger partial charge is 0.217 e. The zero-order valence-corrected chi connectivity index (χ0v) is 27.1. The Kier molecular flexibility index (Phi) is 8.98. The second-order valence-corrected chi connectivity index (χ2v) is 13.8. The third-order valence-electron chi connectivity index (χ3n) is 7.99. The van der Waals surface area contributed by atoms with Gasteiger partial charge in [-0.3, -0.25) is 9.59 Å². The molecule has 40 heavy (non-hydrogen) atoms. The number of phenols is 2. The minimum atomic E-state index is -0.514. The quantitative estimate of drug-likeness (QED) is 0.222. The predicted molar refractivity (Wildman–Crippen MR) is 171 cm³/mol. The molecule has 0 unspecified atom stereocenters. The number of thiol groups is 2. The van der Waals surface area contributed by atoms with E-state index in [2.05, 4.69) is 66.8 Å². The van der Waals surface area contributed by atoms with Crippen molar-refractivity contribution in [2.45, 2.75) is 92.9 Å². The van der Waals surface area contributed by atoms with Crippen LogP contribution in [0.1, 0.15) is 118 Å². The van der Waals surface area contributed by atoms with E-state index in [1.807, 2.05) is 45.9 Å². The Morgan fingerprint density at radius 2 is 1.10 bits per heavy atom. The number of aromatic hydroxyl groups is 2. The van der Waals surface area contributed by atoms with Crippen molar-refractivity contribution in [1.29, 1.82) is 0 Å². The van der Waals surface area contributed by atoms with Gasteiger partial charge in [0.2, 0.25) is 10.2 Å². The van der Waals surface area contributed by atoms with Gasteiger partial charge in [-0.25, -0.2) is 0 Å². The molecule has 0 saturated carbocycles. The average Bonchev–Trinajstić information content (AvgIpc) is 2.82. The molecule has 0 aliphatic heterocycles. The lowest BCUT2D eigenvalue weighted by Gasteiger charge is -2.26. The van der Waals surface area contributed by atoms with E-state index in [1.54, 1.807) is 6.07 Å². The predicted octanol–water partition coefficient (Wildman–Crippen LogP) is 8.25. The van der Waals surface area contributed by atoms with E-state index in [4.69, 9.17) is 0 Å². The summed E-state index contributed by atoms with van der Waals surface area (Å²) in [6, 6.07) is 7.53. The number of hydrogen-bond donors (Lipinski definition) is 4. The first-order chi connectivity index (χ1) is 18.3. The fourth-order valence-corrected chi connectivity index (χ4v) is 6.00. The van der Waals surface area contributed by atoms with Crippen LogP contribution in [0.3, 0.4) is 0 Å². The number of carbonyl (C=O) groups is 2. The maximum Gasteiger partial charge on any atom is 0.217 e. The summed E-state index contributed by atoms with van der Waals surface area (Å²) in [6.45, 7) is 20.2. The molecule has 214 valence electrons. The standard InChI is InChI=1S/C34H42O4S2/c1-17-13-26(33(5,6)7)29(35)19(3)23(17)15-21-11-12-22(31(37)39)28(32(38)40)25(21)16-24-18(2)14-27(34(8,9)10)30(36)20(24)4/h11-14,35-36H,15-16H2,1-10H3,(H,37,39)(H,38,40). The molecule has 3 rings (SSSR count). The molecule has 0 amide bonds. The van der Waals surface area contributed by atoms with Crippen LogP contribution in [-0.2, 0) is 23.7 Å². The van der Waals surface area contributed by atoms with Crippen LogP contribution in [0.25, 0.3) is 0 Å². The second-order valence-electron chi connectivity index (χ2n) is 13.0. The van der Waals surface area contributed by atoms with Gasteiger partial charge < -0.3 is 10.2 Å². The van der Waals surface area contributed by atoms with Crippen LogP contribution >= 0.6 is 25.3 Å². The summed E-state index contributed by atoms with van der Waals surface area (Å²) in [5, 5.41) is 21.3. The highest BCUT2D eigenvalue weighted by atomic mass is 32.1. The fraction of sp³-hybridized carbons (Fsp3) is 0.412. The summed E-state index contributed by atoms with van der Waals surface area (Å²) >= 11 is 8.22. The Bertz CT molecular complexity index is 1520. The van der Waals surface area contributed by atoms with Gasteiger partial charge in [-0.15, -0.1) is 25.3 Å². The summed E-state index contributed by atoms with van der Waals surface area (Å²) in [4.78, 5) is 25.4. The normalized spacial score (nSPS) is 12.1. The van der Waals surface area contributed by atoms with E-state index < -0.39 is 10.2 Å². The van der Waals surface area contributed by atoms with E-state index in [1.165, 1.54) is 0 Å². The van der Waals surface area contributed by atoms with E-state index in [9.17, 15) is 19.8 Å². The van der Waals surface area contributed by atoms with Gasteiger partial charge in [0, 0.05) is 11.1 Å². The molecule has 0 radical (unpaired) electrons. The summed E-state index contributed by atoms with van der Waals surface area (Å²) in [5.74, 6) is 0.515. The van der Waals surface area contributed by atoms with Crippen molar-refractivity contribution < 1.29 is 19.8 Å². The maximum atomic E-state index is 12.9. The van der Waals surface area contributed by atoms with Crippen LogP contribution in [0, 0.1) is 27.7 Å². The zero-order valence-electron chi connectivity index (χ0n) is 25.3. The highest BCUT2D eigenvalue weighted by molar-refractivity contribution is 7.98. The van der Waals surface area contributed by atoms with Gasteiger partial charge in [-0.05, 0) is 113 Å². The summed E-state index contributed by atoms with van der Waals surface area (Å²) in [5.41, 5.74) is 8.66. The van der Waals surface area contributed by atoms with Crippen molar-refractivity contribution in [2.24, 2.45) is 0 Å². The van der Waals surface area contributed by atoms with E-state index in [0.717, 1.165) is 50.1 Å². The molecule has 2 N–H and O–H groups in total. The molecule has 0 fully saturated rings. The monoisotopic (exact) mass is 578 g/mol. The minimum Gasteiger partial charge on any atom is -0.507 e. The minimum absolute atomic E-state index is 0.201. The molecule has 6 heteroatoms. The van der Waals surface area contributed by atoms with Gasteiger partial charge in [0.15, 0.2) is 0 Å². The molecule has 0 heterocycles. The van der Waals surface area contributed by atoms with Crippen LogP contribution in [0.2, 0.25) is 0 Å². The third-order valence-corrected chi connectivity index (χ3v) is 8.46. The van der Waals surface area contributed by atoms with Crippen LogP contribution in [-0.4, -0.2) is 20.4 Å². The number of carbonyl (C=O) groups excluding carboxylic acids is 2. The molecule has 3 aromatic rings. The Balaban J connectivity index is 2.31. The van der Waals surface area contributed by atoms with E-state index in [-0.39, 0.29) is 33.5 Å². The maximum absolute atomic E-state index is 12.9. The van der Waals surface area contributed by atoms with Crippen molar-refractivity contribution >= 4 is 35.5 Å². The van der Waals surface area contributed by atoms with Crippen molar-refractivity contribution in [3.8, 4) is 11.5 Å². The molecule has 0 saturated heterocycles. The van der Waals surface area contributed by atoms with Crippen molar-refractivity contribution in [3.05, 3.63) is 91.0 Å². The fourth-order valence-electron chi connectivity index (χ4n) is 5.56. The summed E-state index contributed by atoms with van der Waals surface area (Å²) in [7, 11) is 0. The summed E-state index contributed by atoms with van der Waals surface area (Å²) in [6.07, 6.45) is 0.774. The molecule has 0 spiro atoms. The van der Waals surface area contributed by atoms with Crippen molar-refractivity contribution in [3.63, 3.8) is 0 Å². The van der Waals surface area contributed by atoms with Gasteiger partial charge in [-0.2, -0.15) is 0 Å². The topological polar surface area (TPSA) is 74.6 Å². The highest BCUT2D eigenvalue weighted by Gasteiger charge is 2.27. The van der Waals surface area contributed by atoms with Crippen LogP contribution < -0.4 is 0 Å². The number of benzene rings is 3. The van der Waals surface area contributed by atoms with E-state index in [0.29, 0.717) is 18.4 Å². The van der Waals surface area contributed by atoms with Gasteiger partial charge in [0.05, 0.1) is 0 Å². The molecule has 0 atom stereocenters. The molecule has 4 nitrogen and oxygen atoms in total. The van der Waals surface area contributed by atoms with Crippen molar-refractivity contribution in [1.82, 2.24) is 0 Å². The molecule has 0 aliphatic carbocycles. The van der Waals surface area contributed by atoms with Gasteiger partial charge in [0.1, 0.15) is 11.5 Å². The van der Waals surface area contributed by atoms with Gasteiger partial charge >= 0.3 is 0 Å². The Labute approximate surface area is 250 Å². The van der Waals surface area contributed by atoms with Gasteiger partial charge in [-0.1, -0.05) is 59.7 Å². The van der Waals surface area contributed by atoms with Crippen molar-refractivity contribution in [2.75, 3.05) is 0 Å². The lowest BCUT2D eigenvalue weighted by molar-refractivity contribution is 0.106. The SMILES string of the molecule is Cc1cc(C(C)(C)C)c(O)c(C)c1Cc1ccc(C(=O)S)c(C(=O)S)c1Cc1c(C)cc(C(C)(C)C)c(O)c1C. The molecular formula is C34H42O4S2. The number of phenolic OH excluding ortho intramolecular Hbond substituents is 2. The highest BCUT2D eigenvalue weighted by Crippen LogP contribution is 2.40. The number of hydrogen-bond acceptors (Lipinski definition) is 4. The first-order valence-corrected chi connectivity index (χ1v) is 14.4. The summed E-state index contributed by atoms with van der Waals surface area (Å²) < 4.78 is 0. The Morgan fingerprint density at radius 1 is 0.675 bits per heavy atom.